The van der Waals surface area contributed by atoms with Gasteiger partial charge in [-0.15, -0.1) is 0 Å². The number of anilines is 2. The Morgan fingerprint density at radius 2 is 1.95 bits per heavy atom. The SMILES string of the molecule is Nc1ccc(C(=O)O)nc1NCCc1ccc(Cl)cc1. The number of nitrogens with two attached hydrogens (primary N) is 1. The molecule has 0 spiro atoms. The van der Waals surface area contributed by atoms with Gasteiger partial charge in [0.25, 0.3) is 0 Å². The van der Waals surface area contributed by atoms with Gasteiger partial charge in [-0.25, -0.2) is 9.78 Å². The summed E-state index contributed by atoms with van der Waals surface area (Å²) in [5.74, 6) is -0.690. The van der Waals surface area contributed by atoms with Crippen LogP contribution in [-0.4, -0.2) is 22.6 Å². The molecule has 0 saturated carbocycles. The van der Waals surface area contributed by atoms with Crippen molar-refractivity contribution in [1.29, 1.82) is 0 Å². The zero-order valence-corrected chi connectivity index (χ0v) is 11.4. The van der Waals surface area contributed by atoms with Gasteiger partial charge in [0, 0.05) is 11.6 Å². The first-order chi connectivity index (χ1) is 9.56. The molecular formula is C14H14ClN3O2. The van der Waals surface area contributed by atoms with Gasteiger partial charge in [0.1, 0.15) is 5.82 Å². The summed E-state index contributed by atoms with van der Waals surface area (Å²) in [6.07, 6.45) is 0.760. The highest BCUT2D eigenvalue weighted by atomic mass is 35.5. The van der Waals surface area contributed by atoms with Gasteiger partial charge in [0.15, 0.2) is 5.69 Å². The largest absolute Gasteiger partial charge is 0.477 e. The number of nitrogens with zero attached hydrogens (tertiary/aromatic N) is 1. The minimum Gasteiger partial charge on any atom is -0.477 e. The first kappa shape index (κ1) is 14.1. The number of rotatable bonds is 5. The van der Waals surface area contributed by atoms with Gasteiger partial charge in [-0.1, -0.05) is 23.7 Å². The van der Waals surface area contributed by atoms with E-state index in [0.717, 1.165) is 12.0 Å². The molecule has 0 aliphatic heterocycles. The Kier molecular flexibility index (Phi) is 4.42. The van der Waals surface area contributed by atoms with Gasteiger partial charge in [0.05, 0.1) is 5.69 Å². The van der Waals surface area contributed by atoms with Crippen molar-refractivity contribution in [3.8, 4) is 0 Å². The van der Waals surface area contributed by atoms with E-state index in [1.54, 1.807) is 0 Å². The molecule has 2 rings (SSSR count). The monoisotopic (exact) mass is 291 g/mol. The van der Waals surface area contributed by atoms with Crippen molar-refractivity contribution >= 4 is 29.1 Å². The summed E-state index contributed by atoms with van der Waals surface area (Å²) in [6, 6.07) is 10.4. The average Bonchev–Trinajstić information content (AvgIpc) is 2.43. The van der Waals surface area contributed by atoms with Crippen molar-refractivity contribution in [2.75, 3.05) is 17.6 Å². The number of benzene rings is 1. The summed E-state index contributed by atoms with van der Waals surface area (Å²) in [5, 5.41) is 12.6. The van der Waals surface area contributed by atoms with Crippen LogP contribution in [0.25, 0.3) is 0 Å². The molecule has 0 radical (unpaired) electrons. The number of pyridine rings is 1. The van der Waals surface area contributed by atoms with E-state index in [1.165, 1.54) is 12.1 Å². The number of hydrogen-bond donors (Lipinski definition) is 3. The summed E-state index contributed by atoms with van der Waals surface area (Å²) >= 11 is 5.81. The summed E-state index contributed by atoms with van der Waals surface area (Å²) in [5.41, 5.74) is 7.26. The molecule has 0 fully saturated rings. The molecule has 0 saturated heterocycles. The summed E-state index contributed by atoms with van der Waals surface area (Å²) < 4.78 is 0. The molecule has 0 bridgehead atoms. The normalized spacial score (nSPS) is 10.2. The molecule has 1 aromatic carbocycles. The summed E-state index contributed by atoms with van der Waals surface area (Å²) in [7, 11) is 0. The van der Waals surface area contributed by atoms with Crippen molar-refractivity contribution in [1.82, 2.24) is 4.98 Å². The molecule has 104 valence electrons. The lowest BCUT2D eigenvalue weighted by molar-refractivity contribution is 0.0690. The van der Waals surface area contributed by atoms with Gasteiger partial charge in [0.2, 0.25) is 0 Å². The molecule has 1 aromatic heterocycles. The van der Waals surface area contributed by atoms with Crippen molar-refractivity contribution in [3.05, 3.63) is 52.7 Å². The first-order valence-corrected chi connectivity index (χ1v) is 6.42. The number of aromatic carboxylic acids is 1. The van der Waals surface area contributed by atoms with Crippen LogP contribution in [0.3, 0.4) is 0 Å². The number of nitrogen functional groups attached to an aromatic ring is 1. The Morgan fingerprint density at radius 3 is 2.60 bits per heavy atom. The summed E-state index contributed by atoms with van der Waals surface area (Å²) in [4.78, 5) is 14.8. The number of hydrogen-bond acceptors (Lipinski definition) is 4. The predicted molar refractivity (Wildman–Crippen MR) is 79.3 cm³/mol. The molecule has 20 heavy (non-hydrogen) atoms. The highest BCUT2D eigenvalue weighted by molar-refractivity contribution is 6.30. The van der Waals surface area contributed by atoms with Crippen LogP contribution in [0.15, 0.2) is 36.4 Å². The van der Waals surface area contributed by atoms with E-state index in [1.807, 2.05) is 24.3 Å². The molecular weight excluding hydrogens is 278 g/mol. The Morgan fingerprint density at radius 1 is 1.25 bits per heavy atom. The van der Waals surface area contributed by atoms with E-state index in [9.17, 15) is 4.79 Å². The van der Waals surface area contributed by atoms with Crippen molar-refractivity contribution < 1.29 is 9.90 Å². The highest BCUT2D eigenvalue weighted by Crippen LogP contribution is 2.16. The third-order valence-electron chi connectivity index (χ3n) is 2.76. The van der Waals surface area contributed by atoms with Crippen molar-refractivity contribution in [3.63, 3.8) is 0 Å². The highest BCUT2D eigenvalue weighted by Gasteiger charge is 2.08. The van der Waals surface area contributed by atoms with Crippen LogP contribution < -0.4 is 11.1 Å². The maximum absolute atomic E-state index is 10.8. The third kappa shape index (κ3) is 3.61. The molecule has 0 atom stereocenters. The molecule has 1 heterocycles. The number of aromatic nitrogens is 1. The van der Waals surface area contributed by atoms with Crippen LogP contribution >= 0.6 is 11.6 Å². The van der Waals surface area contributed by atoms with Crippen LogP contribution in [-0.2, 0) is 6.42 Å². The summed E-state index contributed by atoms with van der Waals surface area (Å²) in [6.45, 7) is 0.599. The van der Waals surface area contributed by atoms with Crippen LogP contribution in [0.5, 0.6) is 0 Å². The molecule has 6 heteroatoms. The maximum atomic E-state index is 10.8. The number of nitrogens with one attached hydrogen (secondary N) is 1. The van der Waals surface area contributed by atoms with Crippen LogP contribution in [0.4, 0.5) is 11.5 Å². The van der Waals surface area contributed by atoms with E-state index in [4.69, 9.17) is 22.4 Å². The fourth-order valence-corrected chi connectivity index (χ4v) is 1.83. The molecule has 0 aliphatic rings. The van der Waals surface area contributed by atoms with Gasteiger partial charge in [-0.3, -0.25) is 0 Å². The lowest BCUT2D eigenvalue weighted by atomic mass is 10.1. The lowest BCUT2D eigenvalue weighted by Crippen LogP contribution is -2.11. The number of carboxylic acid groups (broad SMARTS) is 1. The molecule has 0 aliphatic carbocycles. The van der Waals surface area contributed by atoms with E-state index in [2.05, 4.69) is 10.3 Å². The van der Waals surface area contributed by atoms with Gasteiger partial charge >= 0.3 is 5.97 Å². The fourth-order valence-electron chi connectivity index (χ4n) is 1.71. The molecule has 0 amide bonds. The number of halogens is 1. The molecule has 0 unspecified atom stereocenters. The maximum Gasteiger partial charge on any atom is 0.354 e. The van der Waals surface area contributed by atoms with E-state index in [-0.39, 0.29) is 5.69 Å². The molecule has 5 nitrogen and oxygen atoms in total. The van der Waals surface area contributed by atoms with Crippen molar-refractivity contribution in [2.45, 2.75) is 6.42 Å². The second-order valence-electron chi connectivity index (χ2n) is 4.24. The Hall–Kier alpha value is -2.27. The third-order valence-corrected chi connectivity index (χ3v) is 3.02. The van der Waals surface area contributed by atoms with Crippen LogP contribution in [0, 0.1) is 0 Å². The quantitative estimate of drug-likeness (QED) is 0.788. The smallest absolute Gasteiger partial charge is 0.354 e. The average molecular weight is 292 g/mol. The van der Waals surface area contributed by atoms with E-state index < -0.39 is 5.97 Å². The minimum atomic E-state index is -1.08. The molecule has 2 aromatic rings. The number of carboxylic acids is 1. The second-order valence-corrected chi connectivity index (χ2v) is 4.68. The topological polar surface area (TPSA) is 88.2 Å². The lowest BCUT2D eigenvalue weighted by Gasteiger charge is -2.09. The van der Waals surface area contributed by atoms with Crippen molar-refractivity contribution in [2.24, 2.45) is 0 Å². The first-order valence-electron chi connectivity index (χ1n) is 6.04. The van der Waals surface area contributed by atoms with Crippen LogP contribution in [0.2, 0.25) is 5.02 Å². The van der Waals surface area contributed by atoms with E-state index in [0.29, 0.717) is 23.1 Å². The Bertz CT molecular complexity index is 614. The predicted octanol–water partition coefficient (Wildman–Crippen LogP) is 2.67. The zero-order chi connectivity index (χ0) is 14.5. The minimum absolute atomic E-state index is 0.0341. The Balaban J connectivity index is 1.98. The fraction of sp³-hybridized carbons (Fsp3) is 0.143. The number of carbonyl (C=O) groups is 1. The van der Waals surface area contributed by atoms with Gasteiger partial charge in [-0.05, 0) is 36.2 Å². The molecule has 4 N–H and O–H groups in total. The standard InChI is InChI=1S/C14H14ClN3O2/c15-10-3-1-9(2-4-10)7-8-17-13-11(16)5-6-12(18-13)14(19)20/h1-6H,7-8,16H2,(H,17,18)(H,19,20). The second kappa shape index (κ2) is 6.25. The zero-order valence-electron chi connectivity index (χ0n) is 10.6. The van der Waals surface area contributed by atoms with Gasteiger partial charge in [-0.2, -0.15) is 0 Å². The van der Waals surface area contributed by atoms with Gasteiger partial charge < -0.3 is 16.2 Å². The van der Waals surface area contributed by atoms with Crippen LogP contribution in [0.1, 0.15) is 16.1 Å². The van der Waals surface area contributed by atoms with E-state index >= 15 is 0 Å². The Labute approximate surface area is 121 Å².